The third-order valence-corrected chi connectivity index (χ3v) is 3.45. The summed E-state index contributed by atoms with van der Waals surface area (Å²) in [5.41, 5.74) is 1.63. The zero-order chi connectivity index (χ0) is 15.4. The molecule has 1 amide bonds. The fourth-order valence-corrected chi connectivity index (χ4v) is 2.34. The second-order valence-corrected chi connectivity index (χ2v) is 5.65. The van der Waals surface area contributed by atoms with Crippen molar-refractivity contribution in [1.82, 2.24) is 9.88 Å². The van der Waals surface area contributed by atoms with E-state index in [1.807, 2.05) is 30.5 Å². The van der Waals surface area contributed by atoms with Crippen LogP contribution in [0.25, 0.3) is 0 Å². The van der Waals surface area contributed by atoms with Gasteiger partial charge in [-0.05, 0) is 44.0 Å². The molecular formula is C16H19ClN2O2. The van der Waals surface area contributed by atoms with Crippen LogP contribution in [0.1, 0.15) is 35.9 Å². The van der Waals surface area contributed by atoms with Gasteiger partial charge in [-0.25, -0.2) is 0 Å². The summed E-state index contributed by atoms with van der Waals surface area (Å²) in [6.45, 7) is 4.54. The van der Waals surface area contributed by atoms with Gasteiger partial charge in [0.05, 0.1) is 5.02 Å². The molecule has 1 aromatic carbocycles. The summed E-state index contributed by atoms with van der Waals surface area (Å²) in [4.78, 5) is 12.2. The standard InChI is InChI=1S/C16H19ClN2O2/c1-11(2)19-10-13(17)9-15(19)16(21)18-8-7-12-3-5-14(20)6-4-12/h3-6,9-11,20H,7-8H2,1-2H3,(H,18,21). The summed E-state index contributed by atoms with van der Waals surface area (Å²) < 4.78 is 1.86. The van der Waals surface area contributed by atoms with Crippen LogP contribution in [0, 0.1) is 0 Å². The van der Waals surface area contributed by atoms with Crippen LogP contribution in [-0.2, 0) is 6.42 Å². The lowest BCUT2D eigenvalue weighted by molar-refractivity contribution is 0.0943. The van der Waals surface area contributed by atoms with E-state index >= 15 is 0 Å². The Labute approximate surface area is 129 Å². The molecular weight excluding hydrogens is 288 g/mol. The highest BCUT2D eigenvalue weighted by Gasteiger charge is 2.14. The molecule has 2 rings (SSSR count). The van der Waals surface area contributed by atoms with Crippen molar-refractivity contribution in [2.75, 3.05) is 6.54 Å². The first-order valence-electron chi connectivity index (χ1n) is 6.91. The van der Waals surface area contributed by atoms with Gasteiger partial charge >= 0.3 is 0 Å². The van der Waals surface area contributed by atoms with Crippen LogP contribution in [0.5, 0.6) is 5.75 Å². The van der Waals surface area contributed by atoms with Crippen molar-refractivity contribution in [3.05, 3.63) is 52.8 Å². The number of carbonyl (C=O) groups is 1. The molecule has 4 nitrogen and oxygen atoms in total. The van der Waals surface area contributed by atoms with E-state index in [9.17, 15) is 9.90 Å². The van der Waals surface area contributed by atoms with Gasteiger partial charge in [0.2, 0.25) is 0 Å². The van der Waals surface area contributed by atoms with Gasteiger partial charge in [0, 0.05) is 18.8 Å². The molecule has 0 saturated heterocycles. The van der Waals surface area contributed by atoms with Crippen molar-refractivity contribution >= 4 is 17.5 Å². The van der Waals surface area contributed by atoms with Crippen molar-refractivity contribution in [3.8, 4) is 5.75 Å². The molecule has 0 fully saturated rings. The van der Waals surface area contributed by atoms with Gasteiger partial charge in [0.1, 0.15) is 11.4 Å². The minimum absolute atomic E-state index is 0.130. The molecule has 2 N–H and O–H groups in total. The number of carbonyl (C=O) groups excluding carboxylic acids is 1. The monoisotopic (exact) mass is 306 g/mol. The quantitative estimate of drug-likeness (QED) is 0.889. The Hall–Kier alpha value is -1.94. The molecule has 0 bridgehead atoms. The van der Waals surface area contributed by atoms with Gasteiger partial charge in [-0.2, -0.15) is 0 Å². The summed E-state index contributed by atoms with van der Waals surface area (Å²) in [6.07, 6.45) is 2.48. The highest BCUT2D eigenvalue weighted by Crippen LogP contribution is 2.18. The largest absolute Gasteiger partial charge is 0.508 e. The third-order valence-electron chi connectivity index (χ3n) is 3.24. The average Bonchev–Trinajstić information content (AvgIpc) is 2.83. The number of amides is 1. The first kappa shape index (κ1) is 15.4. The first-order chi connectivity index (χ1) is 9.97. The molecule has 5 heteroatoms. The van der Waals surface area contributed by atoms with E-state index < -0.39 is 0 Å². The smallest absolute Gasteiger partial charge is 0.267 e. The maximum absolute atomic E-state index is 12.2. The number of nitrogens with one attached hydrogen (secondary N) is 1. The molecule has 0 spiro atoms. The summed E-state index contributed by atoms with van der Waals surface area (Å²) in [6, 6.07) is 8.82. The highest BCUT2D eigenvalue weighted by molar-refractivity contribution is 6.31. The summed E-state index contributed by atoms with van der Waals surface area (Å²) in [5.74, 6) is 0.113. The Kier molecular flexibility index (Phi) is 4.91. The number of nitrogens with zero attached hydrogens (tertiary/aromatic N) is 1. The molecule has 0 atom stereocenters. The van der Waals surface area contributed by atoms with Crippen LogP contribution in [-0.4, -0.2) is 22.1 Å². The lowest BCUT2D eigenvalue weighted by Crippen LogP contribution is -2.28. The highest BCUT2D eigenvalue weighted by atomic mass is 35.5. The number of halogens is 1. The van der Waals surface area contributed by atoms with Gasteiger partial charge in [-0.3, -0.25) is 4.79 Å². The molecule has 0 aliphatic carbocycles. The normalized spacial score (nSPS) is 10.9. The molecule has 0 aliphatic heterocycles. The Morgan fingerprint density at radius 1 is 1.33 bits per heavy atom. The van der Waals surface area contributed by atoms with Crippen LogP contribution in [0.15, 0.2) is 36.5 Å². The molecule has 1 aromatic heterocycles. The van der Waals surface area contributed by atoms with Crippen molar-refractivity contribution in [3.63, 3.8) is 0 Å². The molecule has 0 saturated carbocycles. The number of hydrogen-bond acceptors (Lipinski definition) is 2. The average molecular weight is 307 g/mol. The zero-order valence-electron chi connectivity index (χ0n) is 12.1. The molecule has 112 valence electrons. The summed E-state index contributed by atoms with van der Waals surface area (Å²) >= 11 is 5.97. The predicted molar refractivity (Wildman–Crippen MR) is 84.0 cm³/mol. The molecule has 1 heterocycles. The SMILES string of the molecule is CC(C)n1cc(Cl)cc1C(=O)NCCc1ccc(O)cc1. The maximum Gasteiger partial charge on any atom is 0.267 e. The second kappa shape index (κ2) is 6.68. The number of aromatic nitrogens is 1. The summed E-state index contributed by atoms with van der Waals surface area (Å²) in [7, 11) is 0. The van der Waals surface area contributed by atoms with E-state index in [0.717, 1.165) is 5.56 Å². The minimum Gasteiger partial charge on any atom is -0.508 e. The van der Waals surface area contributed by atoms with E-state index in [1.165, 1.54) is 0 Å². The van der Waals surface area contributed by atoms with E-state index in [0.29, 0.717) is 23.7 Å². The van der Waals surface area contributed by atoms with E-state index in [1.54, 1.807) is 24.4 Å². The van der Waals surface area contributed by atoms with Crippen molar-refractivity contribution in [1.29, 1.82) is 0 Å². The van der Waals surface area contributed by atoms with Crippen LogP contribution in [0.4, 0.5) is 0 Å². The van der Waals surface area contributed by atoms with Gasteiger partial charge in [0.15, 0.2) is 0 Å². The Bertz CT molecular complexity index is 618. The fraction of sp³-hybridized carbons (Fsp3) is 0.312. The number of rotatable bonds is 5. The van der Waals surface area contributed by atoms with Crippen LogP contribution >= 0.6 is 11.6 Å². The Morgan fingerprint density at radius 2 is 2.00 bits per heavy atom. The predicted octanol–water partition coefficient (Wildman–Crippen LogP) is 3.40. The topological polar surface area (TPSA) is 54.3 Å². The molecule has 0 unspecified atom stereocenters. The minimum atomic E-state index is -0.130. The van der Waals surface area contributed by atoms with Crippen LogP contribution in [0.2, 0.25) is 5.02 Å². The fourth-order valence-electron chi connectivity index (χ4n) is 2.13. The number of benzene rings is 1. The van der Waals surface area contributed by atoms with Gasteiger partial charge < -0.3 is 15.0 Å². The number of phenolic OH excluding ortho intramolecular Hbond substituents is 1. The van der Waals surface area contributed by atoms with Crippen molar-refractivity contribution in [2.45, 2.75) is 26.3 Å². The molecule has 2 aromatic rings. The van der Waals surface area contributed by atoms with E-state index in [-0.39, 0.29) is 17.7 Å². The number of aromatic hydroxyl groups is 1. The van der Waals surface area contributed by atoms with Crippen molar-refractivity contribution in [2.24, 2.45) is 0 Å². The molecule has 21 heavy (non-hydrogen) atoms. The van der Waals surface area contributed by atoms with Crippen LogP contribution < -0.4 is 5.32 Å². The van der Waals surface area contributed by atoms with E-state index in [2.05, 4.69) is 5.32 Å². The van der Waals surface area contributed by atoms with Gasteiger partial charge in [0.25, 0.3) is 5.91 Å². The Morgan fingerprint density at radius 3 is 2.62 bits per heavy atom. The zero-order valence-corrected chi connectivity index (χ0v) is 12.9. The van der Waals surface area contributed by atoms with Crippen molar-refractivity contribution < 1.29 is 9.90 Å². The molecule has 0 radical (unpaired) electrons. The van der Waals surface area contributed by atoms with Crippen LogP contribution in [0.3, 0.4) is 0 Å². The number of hydrogen-bond donors (Lipinski definition) is 2. The van der Waals surface area contributed by atoms with Gasteiger partial charge in [-0.15, -0.1) is 0 Å². The summed E-state index contributed by atoms with van der Waals surface area (Å²) in [5, 5.41) is 12.7. The first-order valence-corrected chi connectivity index (χ1v) is 7.28. The number of phenols is 1. The van der Waals surface area contributed by atoms with E-state index in [4.69, 9.17) is 11.6 Å². The third kappa shape index (κ3) is 4.02. The molecule has 0 aliphatic rings. The van der Waals surface area contributed by atoms with Gasteiger partial charge in [-0.1, -0.05) is 23.7 Å². The lowest BCUT2D eigenvalue weighted by atomic mass is 10.1. The maximum atomic E-state index is 12.2. The second-order valence-electron chi connectivity index (χ2n) is 5.22. The Balaban J connectivity index is 1.94. The lowest BCUT2D eigenvalue weighted by Gasteiger charge is -2.12.